The molecule has 5 atom stereocenters. The summed E-state index contributed by atoms with van der Waals surface area (Å²) in [6.45, 7) is 3.47. The van der Waals surface area contributed by atoms with Crippen LogP contribution in [0.2, 0.25) is 0 Å². The van der Waals surface area contributed by atoms with Crippen LogP contribution in [0.15, 0.2) is 11.8 Å². The van der Waals surface area contributed by atoms with Crippen molar-refractivity contribution in [1.29, 1.82) is 0 Å². The summed E-state index contributed by atoms with van der Waals surface area (Å²) in [7, 11) is 0. The van der Waals surface area contributed by atoms with Crippen LogP contribution in [0.1, 0.15) is 26.7 Å². The lowest BCUT2D eigenvalue weighted by atomic mass is 9.83. The smallest absolute Gasteiger partial charge is 0.309 e. The van der Waals surface area contributed by atoms with E-state index in [2.05, 4.69) is 0 Å². The minimum absolute atomic E-state index is 0.132. The lowest BCUT2D eigenvalue weighted by Crippen LogP contribution is -2.40. The Bertz CT molecular complexity index is 405. The Labute approximate surface area is 124 Å². The third kappa shape index (κ3) is 3.39. The molecule has 21 heavy (non-hydrogen) atoms. The first kappa shape index (κ1) is 16.3. The Morgan fingerprint density at radius 1 is 1.48 bits per heavy atom. The molecule has 2 rings (SSSR count). The summed E-state index contributed by atoms with van der Waals surface area (Å²) in [6, 6.07) is 0. The van der Waals surface area contributed by atoms with E-state index in [1.165, 1.54) is 6.26 Å². The Hall–Kier alpha value is -1.11. The molecule has 0 spiro atoms. The molecule has 1 aliphatic carbocycles. The number of esters is 1. The van der Waals surface area contributed by atoms with E-state index in [9.17, 15) is 20.1 Å². The van der Waals surface area contributed by atoms with Crippen molar-refractivity contribution in [3.63, 3.8) is 0 Å². The van der Waals surface area contributed by atoms with E-state index >= 15 is 0 Å². The summed E-state index contributed by atoms with van der Waals surface area (Å²) in [4.78, 5) is 11.8. The standard InChI is InChI=1S/C15H24O6/c1-8(2)3-13(19)21-15-14-10(9(5-16)7-20-15)4-12(18)11(14)6-17/h7-8,10-12,14-18H,3-6H2,1-2H3/t10-,11-,12+,14+,15+/m1/s1. The molecule has 0 saturated heterocycles. The molecule has 0 aromatic heterocycles. The van der Waals surface area contributed by atoms with Gasteiger partial charge in [-0.3, -0.25) is 4.79 Å². The average molecular weight is 300 g/mol. The van der Waals surface area contributed by atoms with E-state index < -0.39 is 18.3 Å². The fraction of sp³-hybridized carbons (Fsp3) is 0.800. The van der Waals surface area contributed by atoms with Crippen molar-refractivity contribution >= 4 is 5.97 Å². The van der Waals surface area contributed by atoms with Gasteiger partial charge in [-0.25, -0.2) is 0 Å². The van der Waals surface area contributed by atoms with Gasteiger partial charge in [0.25, 0.3) is 0 Å². The second-order valence-corrected chi connectivity index (χ2v) is 6.28. The van der Waals surface area contributed by atoms with Gasteiger partial charge in [0.2, 0.25) is 6.29 Å². The molecule has 0 bridgehead atoms. The summed E-state index contributed by atoms with van der Waals surface area (Å²) in [5.41, 5.74) is 0.672. The summed E-state index contributed by atoms with van der Waals surface area (Å²) in [5, 5.41) is 28.9. The number of hydrogen-bond donors (Lipinski definition) is 3. The molecular formula is C15H24O6. The molecule has 6 nitrogen and oxygen atoms in total. The first-order valence-corrected chi connectivity index (χ1v) is 7.41. The van der Waals surface area contributed by atoms with E-state index in [-0.39, 0.29) is 36.9 Å². The van der Waals surface area contributed by atoms with E-state index in [0.29, 0.717) is 18.4 Å². The Morgan fingerprint density at radius 2 is 2.19 bits per heavy atom. The molecule has 0 radical (unpaired) electrons. The van der Waals surface area contributed by atoms with Crippen molar-refractivity contribution in [1.82, 2.24) is 0 Å². The predicted molar refractivity (Wildman–Crippen MR) is 73.8 cm³/mol. The van der Waals surface area contributed by atoms with Gasteiger partial charge in [-0.15, -0.1) is 0 Å². The third-order valence-electron chi connectivity index (χ3n) is 4.31. The van der Waals surface area contributed by atoms with Gasteiger partial charge < -0.3 is 24.8 Å². The zero-order chi connectivity index (χ0) is 15.6. The number of aliphatic hydroxyl groups is 3. The first-order chi connectivity index (χ1) is 9.97. The van der Waals surface area contributed by atoms with Crippen LogP contribution in [0, 0.1) is 23.7 Å². The van der Waals surface area contributed by atoms with Gasteiger partial charge in [0.05, 0.1) is 19.0 Å². The van der Waals surface area contributed by atoms with Crippen LogP contribution in [0.4, 0.5) is 0 Å². The normalized spacial score (nSPS) is 35.1. The minimum Gasteiger partial charge on any atom is -0.462 e. The van der Waals surface area contributed by atoms with Crippen LogP contribution in [0.3, 0.4) is 0 Å². The molecule has 120 valence electrons. The van der Waals surface area contributed by atoms with Crippen LogP contribution in [0.25, 0.3) is 0 Å². The predicted octanol–water partition coefficient (Wildman–Crippen LogP) is 0.414. The molecule has 0 amide bonds. The number of aliphatic hydroxyl groups excluding tert-OH is 3. The van der Waals surface area contributed by atoms with Crippen molar-refractivity contribution < 1.29 is 29.6 Å². The number of ether oxygens (including phenoxy) is 2. The lowest BCUT2D eigenvalue weighted by Gasteiger charge is -2.35. The van der Waals surface area contributed by atoms with Crippen molar-refractivity contribution in [2.75, 3.05) is 13.2 Å². The molecule has 3 N–H and O–H groups in total. The van der Waals surface area contributed by atoms with Crippen molar-refractivity contribution in [3.05, 3.63) is 11.8 Å². The van der Waals surface area contributed by atoms with Crippen molar-refractivity contribution in [2.24, 2.45) is 23.7 Å². The maximum absolute atomic E-state index is 11.8. The highest BCUT2D eigenvalue weighted by Crippen LogP contribution is 2.46. The SMILES string of the molecule is CC(C)CC(=O)O[C@@H]1OC=C(CO)[C@H]2C[C@H](O)[C@@H](CO)[C@@H]12. The number of hydrogen-bond acceptors (Lipinski definition) is 6. The highest BCUT2D eigenvalue weighted by Gasteiger charge is 2.51. The molecule has 1 aliphatic heterocycles. The molecule has 2 aliphatic rings. The van der Waals surface area contributed by atoms with Gasteiger partial charge in [0, 0.05) is 24.9 Å². The highest BCUT2D eigenvalue weighted by molar-refractivity contribution is 5.69. The lowest BCUT2D eigenvalue weighted by molar-refractivity contribution is -0.191. The summed E-state index contributed by atoms with van der Waals surface area (Å²) >= 11 is 0. The quantitative estimate of drug-likeness (QED) is 0.637. The van der Waals surface area contributed by atoms with Crippen LogP contribution < -0.4 is 0 Å². The van der Waals surface area contributed by atoms with Crippen LogP contribution in [-0.2, 0) is 14.3 Å². The van der Waals surface area contributed by atoms with Gasteiger partial charge in [0.15, 0.2) is 0 Å². The van der Waals surface area contributed by atoms with Crippen molar-refractivity contribution in [3.8, 4) is 0 Å². The van der Waals surface area contributed by atoms with E-state index in [4.69, 9.17) is 9.47 Å². The fourth-order valence-corrected chi connectivity index (χ4v) is 3.28. The van der Waals surface area contributed by atoms with Gasteiger partial charge in [-0.1, -0.05) is 13.8 Å². The molecular weight excluding hydrogens is 276 g/mol. The molecule has 1 fully saturated rings. The molecule has 0 unspecified atom stereocenters. The van der Waals surface area contributed by atoms with Crippen LogP contribution >= 0.6 is 0 Å². The van der Waals surface area contributed by atoms with Gasteiger partial charge in [-0.05, 0) is 23.8 Å². The molecule has 1 saturated carbocycles. The topological polar surface area (TPSA) is 96.2 Å². The largest absolute Gasteiger partial charge is 0.462 e. The molecule has 0 aromatic rings. The van der Waals surface area contributed by atoms with Gasteiger partial charge in [-0.2, -0.15) is 0 Å². The second-order valence-electron chi connectivity index (χ2n) is 6.28. The molecule has 1 heterocycles. The molecule has 0 aromatic carbocycles. The zero-order valence-corrected chi connectivity index (χ0v) is 12.4. The third-order valence-corrected chi connectivity index (χ3v) is 4.31. The summed E-state index contributed by atoms with van der Waals surface area (Å²) in [6.07, 6.45) is 0.643. The molecule has 6 heteroatoms. The fourth-order valence-electron chi connectivity index (χ4n) is 3.28. The Balaban J connectivity index is 2.14. The van der Waals surface area contributed by atoms with Crippen LogP contribution in [0.5, 0.6) is 0 Å². The van der Waals surface area contributed by atoms with Crippen molar-refractivity contribution in [2.45, 2.75) is 39.1 Å². The maximum Gasteiger partial charge on any atom is 0.309 e. The summed E-state index contributed by atoms with van der Waals surface area (Å²) < 4.78 is 10.8. The monoisotopic (exact) mass is 300 g/mol. The average Bonchev–Trinajstić information content (AvgIpc) is 2.74. The van der Waals surface area contributed by atoms with E-state index in [1.54, 1.807) is 0 Å². The first-order valence-electron chi connectivity index (χ1n) is 7.41. The Kier molecular flexibility index (Phi) is 5.24. The van der Waals surface area contributed by atoms with E-state index in [0.717, 1.165) is 0 Å². The highest BCUT2D eigenvalue weighted by atomic mass is 16.7. The zero-order valence-electron chi connectivity index (χ0n) is 12.4. The number of carbonyl (C=O) groups excluding carboxylic acids is 1. The van der Waals surface area contributed by atoms with E-state index in [1.807, 2.05) is 13.8 Å². The van der Waals surface area contributed by atoms with Gasteiger partial charge in [0.1, 0.15) is 0 Å². The maximum atomic E-state index is 11.8. The van der Waals surface area contributed by atoms with Crippen LogP contribution in [-0.4, -0.2) is 46.9 Å². The minimum atomic E-state index is -0.814. The number of carbonyl (C=O) groups is 1. The number of rotatable bonds is 5. The second kappa shape index (κ2) is 6.77. The summed E-state index contributed by atoms with van der Waals surface area (Å²) in [5.74, 6) is -1.04. The Morgan fingerprint density at radius 3 is 2.76 bits per heavy atom. The number of fused-ring (bicyclic) bond motifs is 1. The van der Waals surface area contributed by atoms with Gasteiger partial charge >= 0.3 is 5.97 Å².